The number of alkyl carbamates (subject to hydrolysis) is 1. The zero-order valence-electron chi connectivity index (χ0n) is 14.0. The van der Waals surface area contributed by atoms with Crippen molar-refractivity contribution in [1.29, 1.82) is 0 Å². The van der Waals surface area contributed by atoms with Gasteiger partial charge in [-0.3, -0.25) is 0 Å². The van der Waals surface area contributed by atoms with Crippen molar-refractivity contribution < 1.29 is 28.6 Å². The maximum atomic E-state index is 13.0. The Morgan fingerprint density at radius 1 is 1.38 bits per heavy atom. The van der Waals surface area contributed by atoms with Crippen molar-refractivity contribution in [3.63, 3.8) is 0 Å². The summed E-state index contributed by atoms with van der Waals surface area (Å²) in [6.45, 7) is 6.04. The number of hydrogen-bond donors (Lipinski definition) is 2. The summed E-state index contributed by atoms with van der Waals surface area (Å²) in [5.41, 5.74) is -0.676. The molecule has 6 nitrogen and oxygen atoms in total. The number of amides is 1. The maximum Gasteiger partial charge on any atom is 0.407 e. The monoisotopic (exact) mass is 361 g/mol. The molecule has 0 radical (unpaired) electrons. The number of alkyl halides is 1. The molecule has 0 bridgehead atoms. The third-order valence-corrected chi connectivity index (χ3v) is 3.09. The van der Waals surface area contributed by atoms with Gasteiger partial charge in [-0.2, -0.15) is 0 Å². The van der Waals surface area contributed by atoms with Gasteiger partial charge in [0.15, 0.2) is 0 Å². The lowest BCUT2D eigenvalue weighted by Gasteiger charge is -2.22. The minimum atomic E-state index is -1.24. The molecule has 0 spiro atoms. The predicted octanol–water partition coefficient (Wildman–Crippen LogP) is 3.80. The molecule has 24 heavy (non-hydrogen) atoms. The van der Waals surface area contributed by atoms with Gasteiger partial charge in [0.05, 0.1) is 16.6 Å². The van der Waals surface area contributed by atoms with Crippen LogP contribution in [0, 0.1) is 0 Å². The average Bonchev–Trinajstić information content (AvgIpc) is 2.42. The number of hydrogen-bond acceptors (Lipinski definition) is 4. The molecular formula is C16H21ClFNO5. The van der Waals surface area contributed by atoms with E-state index in [-0.39, 0.29) is 28.5 Å². The van der Waals surface area contributed by atoms with Gasteiger partial charge in [-0.25, -0.2) is 14.0 Å². The van der Waals surface area contributed by atoms with Crippen LogP contribution in [0.25, 0.3) is 0 Å². The fourth-order valence-corrected chi connectivity index (χ4v) is 2.03. The molecule has 1 aromatic rings. The minimum Gasteiger partial charge on any atom is -0.491 e. The van der Waals surface area contributed by atoms with Crippen LogP contribution < -0.4 is 10.1 Å². The number of ether oxygens (including phenoxy) is 2. The van der Waals surface area contributed by atoms with E-state index in [1.807, 2.05) is 0 Å². The predicted molar refractivity (Wildman–Crippen MR) is 87.6 cm³/mol. The number of carboxylic acid groups (broad SMARTS) is 1. The molecule has 0 aliphatic rings. The Balaban J connectivity index is 2.74. The van der Waals surface area contributed by atoms with Gasteiger partial charge in [0.2, 0.25) is 0 Å². The molecule has 1 rings (SSSR count). The number of carbonyl (C=O) groups is 2. The van der Waals surface area contributed by atoms with E-state index in [9.17, 15) is 14.0 Å². The van der Waals surface area contributed by atoms with Gasteiger partial charge in [0.25, 0.3) is 0 Å². The van der Waals surface area contributed by atoms with Gasteiger partial charge in [0.1, 0.15) is 24.6 Å². The van der Waals surface area contributed by atoms with E-state index in [0.29, 0.717) is 0 Å². The SMILES string of the molecule is C[C@@H](COc1cc(C(=O)O)c(Cl)cc1CF)NC(=O)OC(C)(C)C. The summed E-state index contributed by atoms with van der Waals surface area (Å²) in [6.07, 6.45) is -0.605. The number of halogens is 2. The topological polar surface area (TPSA) is 84.9 Å². The molecule has 0 unspecified atom stereocenters. The first-order chi connectivity index (χ1) is 11.0. The second kappa shape index (κ2) is 8.19. The van der Waals surface area contributed by atoms with Crippen molar-refractivity contribution in [3.8, 4) is 5.75 Å². The molecule has 0 saturated carbocycles. The summed E-state index contributed by atoms with van der Waals surface area (Å²) in [7, 11) is 0. The highest BCUT2D eigenvalue weighted by atomic mass is 35.5. The van der Waals surface area contributed by atoms with Crippen molar-refractivity contribution in [3.05, 3.63) is 28.3 Å². The molecule has 2 N–H and O–H groups in total. The number of aromatic carboxylic acids is 1. The highest BCUT2D eigenvalue weighted by Crippen LogP contribution is 2.28. The Morgan fingerprint density at radius 3 is 2.50 bits per heavy atom. The Bertz CT molecular complexity index is 615. The fraction of sp³-hybridized carbons (Fsp3) is 0.500. The molecule has 0 aliphatic heterocycles. The Labute approximate surface area is 144 Å². The fourth-order valence-electron chi connectivity index (χ4n) is 1.76. The van der Waals surface area contributed by atoms with Crippen LogP contribution in [0.3, 0.4) is 0 Å². The number of benzene rings is 1. The maximum absolute atomic E-state index is 13.0. The van der Waals surface area contributed by atoms with Crippen molar-refractivity contribution in [2.24, 2.45) is 0 Å². The van der Waals surface area contributed by atoms with Crippen LogP contribution in [-0.4, -0.2) is 35.4 Å². The number of carboxylic acids is 1. The van der Waals surface area contributed by atoms with Crippen LogP contribution in [0.5, 0.6) is 5.75 Å². The van der Waals surface area contributed by atoms with Gasteiger partial charge in [-0.1, -0.05) is 11.6 Å². The van der Waals surface area contributed by atoms with E-state index in [0.717, 1.165) is 0 Å². The lowest BCUT2D eigenvalue weighted by atomic mass is 10.1. The van der Waals surface area contributed by atoms with Crippen molar-refractivity contribution in [1.82, 2.24) is 5.32 Å². The molecule has 0 heterocycles. The van der Waals surface area contributed by atoms with Gasteiger partial charge >= 0.3 is 12.1 Å². The summed E-state index contributed by atoms with van der Waals surface area (Å²) < 4.78 is 23.6. The standard InChI is InChI=1S/C16H21ClFNO5/c1-9(19-15(22)24-16(2,3)4)8-23-13-6-11(14(20)21)12(17)5-10(13)7-18/h5-6,9H,7-8H2,1-4H3,(H,19,22)(H,20,21)/t9-/m0/s1. The average molecular weight is 362 g/mol. The second-order valence-corrected chi connectivity index (χ2v) is 6.64. The molecule has 8 heteroatoms. The summed E-state index contributed by atoms with van der Waals surface area (Å²) in [6, 6.07) is 1.95. The quantitative estimate of drug-likeness (QED) is 0.805. The third-order valence-electron chi connectivity index (χ3n) is 2.78. The summed E-state index contributed by atoms with van der Waals surface area (Å²) >= 11 is 5.79. The first-order valence-electron chi connectivity index (χ1n) is 7.27. The molecule has 1 aromatic carbocycles. The second-order valence-electron chi connectivity index (χ2n) is 6.24. The lowest BCUT2D eigenvalue weighted by Crippen LogP contribution is -2.40. The number of rotatable bonds is 6. The Hall–Kier alpha value is -2.02. The molecule has 0 fully saturated rings. The molecule has 1 amide bonds. The normalized spacial score (nSPS) is 12.4. The summed E-state index contributed by atoms with van der Waals surface area (Å²) in [4.78, 5) is 22.7. The van der Waals surface area contributed by atoms with Gasteiger partial charge in [0, 0.05) is 5.56 Å². The first-order valence-corrected chi connectivity index (χ1v) is 7.65. The van der Waals surface area contributed by atoms with Gasteiger partial charge < -0.3 is 19.9 Å². The van der Waals surface area contributed by atoms with Crippen LogP contribution in [-0.2, 0) is 11.4 Å². The summed E-state index contributed by atoms with van der Waals surface area (Å²) in [5, 5.41) is 11.6. The minimum absolute atomic E-state index is 0.00688. The molecular weight excluding hydrogens is 341 g/mol. The van der Waals surface area contributed by atoms with E-state index in [4.69, 9.17) is 26.2 Å². The Kier molecular flexibility index (Phi) is 6.83. The van der Waals surface area contributed by atoms with Gasteiger partial charge in [-0.15, -0.1) is 0 Å². The number of nitrogens with one attached hydrogen (secondary N) is 1. The first kappa shape index (κ1) is 20.0. The van der Waals surface area contributed by atoms with Crippen LogP contribution in [0.4, 0.5) is 9.18 Å². The molecule has 0 saturated heterocycles. The molecule has 1 atom stereocenters. The van der Waals surface area contributed by atoms with Gasteiger partial charge in [-0.05, 0) is 39.8 Å². The van der Waals surface area contributed by atoms with Crippen molar-refractivity contribution >= 4 is 23.7 Å². The van der Waals surface area contributed by atoms with Crippen molar-refractivity contribution in [2.75, 3.05) is 6.61 Å². The van der Waals surface area contributed by atoms with E-state index < -0.39 is 30.4 Å². The van der Waals surface area contributed by atoms with Crippen LogP contribution >= 0.6 is 11.6 Å². The number of carbonyl (C=O) groups excluding carboxylic acids is 1. The zero-order valence-corrected chi connectivity index (χ0v) is 14.7. The molecule has 0 aliphatic carbocycles. The van der Waals surface area contributed by atoms with Crippen LogP contribution in [0.2, 0.25) is 5.02 Å². The largest absolute Gasteiger partial charge is 0.491 e. The van der Waals surface area contributed by atoms with Crippen LogP contribution in [0.1, 0.15) is 43.6 Å². The van der Waals surface area contributed by atoms with E-state index in [2.05, 4.69) is 5.32 Å². The highest BCUT2D eigenvalue weighted by Gasteiger charge is 2.19. The van der Waals surface area contributed by atoms with E-state index in [1.165, 1.54) is 12.1 Å². The molecule has 134 valence electrons. The highest BCUT2D eigenvalue weighted by molar-refractivity contribution is 6.33. The smallest absolute Gasteiger partial charge is 0.407 e. The molecule has 0 aromatic heterocycles. The van der Waals surface area contributed by atoms with E-state index in [1.54, 1.807) is 27.7 Å². The van der Waals surface area contributed by atoms with Crippen molar-refractivity contribution in [2.45, 2.75) is 46.0 Å². The lowest BCUT2D eigenvalue weighted by molar-refractivity contribution is 0.0493. The van der Waals surface area contributed by atoms with E-state index >= 15 is 0 Å². The Morgan fingerprint density at radius 2 is 2.00 bits per heavy atom. The zero-order chi connectivity index (χ0) is 18.5. The van der Waals surface area contributed by atoms with Crippen LogP contribution in [0.15, 0.2) is 12.1 Å². The summed E-state index contributed by atoms with van der Waals surface area (Å²) in [5.74, 6) is -1.17. The third kappa shape index (κ3) is 6.23.